The lowest BCUT2D eigenvalue weighted by Gasteiger charge is -2.18. The minimum Gasteiger partial charge on any atom is -0.481 e. The van der Waals surface area contributed by atoms with Gasteiger partial charge in [-0.05, 0) is 77.4 Å². The van der Waals surface area contributed by atoms with E-state index in [2.05, 4.69) is 25.9 Å². The van der Waals surface area contributed by atoms with Crippen LogP contribution in [-0.2, 0) is 14.3 Å². The van der Waals surface area contributed by atoms with Gasteiger partial charge in [0, 0.05) is 6.42 Å². The van der Waals surface area contributed by atoms with Crippen molar-refractivity contribution in [2.24, 2.45) is 17.8 Å². The normalized spacial score (nSPS) is 18.0. The summed E-state index contributed by atoms with van der Waals surface area (Å²) in [4.78, 5) is 25.4. The number of unbranched alkanes of at least 4 members (excludes halogenated alkanes) is 14. The summed E-state index contributed by atoms with van der Waals surface area (Å²) in [6.45, 7) is 5.02. The quantitative estimate of drug-likeness (QED) is 0.0677. The van der Waals surface area contributed by atoms with Crippen molar-refractivity contribution in [3.8, 4) is 0 Å². The maximum absolute atomic E-state index is 12.4. The zero-order chi connectivity index (χ0) is 30.1. The second kappa shape index (κ2) is 25.4. The van der Waals surface area contributed by atoms with Gasteiger partial charge < -0.3 is 14.7 Å². The molecular formula is C36H69NO4. The molecule has 4 atom stereocenters. The van der Waals surface area contributed by atoms with Crippen LogP contribution in [-0.4, -0.2) is 48.7 Å². The minimum absolute atomic E-state index is 0.00239. The fourth-order valence-corrected chi connectivity index (χ4v) is 6.21. The molecule has 0 aromatic heterocycles. The van der Waals surface area contributed by atoms with Crippen LogP contribution in [0.3, 0.4) is 0 Å². The molecule has 0 aliphatic heterocycles. The van der Waals surface area contributed by atoms with Crippen molar-refractivity contribution >= 4 is 11.9 Å². The topological polar surface area (TPSA) is 66.8 Å². The number of carboxylic acid groups (broad SMARTS) is 1. The second-order valence-electron chi connectivity index (χ2n) is 13.6. The van der Waals surface area contributed by atoms with E-state index in [4.69, 9.17) is 9.84 Å². The number of carboxylic acids is 1. The number of nitrogens with zero attached hydrogens (tertiary/aromatic N) is 1. The van der Waals surface area contributed by atoms with Crippen molar-refractivity contribution in [1.82, 2.24) is 4.90 Å². The van der Waals surface area contributed by atoms with Crippen LogP contribution >= 0.6 is 0 Å². The van der Waals surface area contributed by atoms with Crippen molar-refractivity contribution < 1.29 is 19.4 Å². The Hall–Kier alpha value is -1.10. The molecule has 0 aromatic carbocycles. The van der Waals surface area contributed by atoms with E-state index in [0.29, 0.717) is 6.42 Å². The average Bonchev–Trinajstić information content (AvgIpc) is 3.68. The second-order valence-corrected chi connectivity index (χ2v) is 13.6. The number of esters is 1. The van der Waals surface area contributed by atoms with Crippen molar-refractivity contribution in [2.45, 2.75) is 180 Å². The average molecular weight is 580 g/mol. The molecule has 0 aromatic rings. The Morgan fingerprint density at radius 1 is 0.707 bits per heavy atom. The molecule has 1 rings (SSSR count). The molecule has 0 spiro atoms. The molecule has 4 unspecified atom stereocenters. The lowest BCUT2D eigenvalue weighted by Crippen LogP contribution is -2.20. The van der Waals surface area contributed by atoms with Gasteiger partial charge in [-0.3, -0.25) is 9.59 Å². The van der Waals surface area contributed by atoms with Crippen LogP contribution in [0.1, 0.15) is 174 Å². The Morgan fingerprint density at radius 2 is 1.17 bits per heavy atom. The Bertz CT molecular complexity index is 637. The van der Waals surface area contributed by atoms with Gasteiger partial charge in [0.25, 0.3) is 0 Å². The third kappa shape index (κ3) is 23.1. The SMILES string of the molecule is CCCCCCCC(CCCCCCCCCCC1CC1CCCCCCC(C)C(=O)O)OC(=O)CCCN(C)C. The predicted octanol–water partition coefficient (Wildman–Crippen LogP) is 10.2. The third-order valence-corrected chi connectivity index (χ3v) is 9.22. The number of rotatable bonds is 30. The molecule has 5 nitrogen and oxygen atoms in total. The van der Waals surface area contributed by atoms with Gasteiger partial charge in [-0.15, -0.1) is 0 Å². The Kier molecular flexibility index (Phi) is 23.5. The van der Waals surface area contributed by atoms with Gasteiger partial charge >= 0.3 is 11.9 Å². The lowest BCUT2D eigenvalue weighted by molar-refractivity contribution is -0.150. The van der Waals surface area contributed by atoms with Crippen molar-refractivity contribution in [3.63, 3.8) is 0 Å². The molecule has 0 saturated heterocycles. The van der Waals surface area contributed by atoms with Gasteiger partial charge in [0.1, 0.15) is 6.10 Å². The molecule has 0 heterocycles. The van der Waals surface area contributed by atoms with Crippen LogP contribution in [0, 0.1) is 17.8 Å². The first kappa shape index (κ1) is 37.9. The predicted molar refractivity (Wildman–Crippen MR) is 173 cm³/mol. The van der Waals surface area contributed by atoms with E-state index in [1.54, 1.807) is 0 Å². The molecule has 0 bridgehead atoms. The van der Waals surface area contributed by atoms with Crippen molar-refractivity contribution in [3.05, 3.63) is 0 Å². The summed E-state index contributed by atoms with van der Waals surface area (Å²) in [6.07, 6.45) is 30.7. The number of hydrogen-bond acceptors (Lipinski definition) is 4. The van der Waals surface area contributed by atoms with Crippen LogP contribution in [0.25, 0.3) is 0 Å². The largest absolute Gasteiger partial charge is 0.481 e. The van der Waals surface area contributed by atoms with Gasteiger partial charge in [0.2, 0.25) is 0 Å². The van der Waals surface area contributed by atoms with E-state index in [9.17, 15) is 9.59 Å². The first-order valence-corrected chi connectivity index (χ1v) is 17.9. The summed E-state index contributed by atoms with van der Waals surface area (Å²) in [5, 5.41) is 8.95. The van der Waals surface area contributed by atoms with Crippen LogP contribution < -0.4 is 0 Å². The molecule has 0 amide bonds. The van der Waals surface area contributed by atoms with Gasteiger partial charge in [-0.25, -0.2) is 0 Å². The zero-order valence-electron chi connectivity index (χ0n) is 27.8. The number of hydrogen-bond donors (Lipinski definition) is 1. The lowest BCUT2D eigenvalue weighted by atomic mass is 10.0. The fraction of sp³-hybridized carbons (Fsp3) is 0.944. The summed E-state index contributed by atoms with van der Waals surface area (Å²) < 4.78 is 5.92. The summed E-state index contributed by atoms with van der Waals surface area (Å²) in [6, 6.07) is 0. The number of carbonyl (C=O) groups excluding carboxylic acids is 1. The van der Waals surface area contributed by atoms with Crippen LogP contribution in [0.2, 0.25) is 0 Å². The molecule has 41 heavy (non-hydrogen) atoms. The van der Waals surface area contributed by atoms with E-state index in [1.807, 2.05) is 6.92 Å². The van der Waals surface area contributed by atoms with E-state index in [-0.39, 0.29) is 18.0 Å². The molecule has 1 aliphatic carbocycles. The van der Waals surface area contributed by atoms with E-state index in [0.717, 1.165) is 50.5 Å². The summed E-state index contributed by atoms with van der Waals surface area (Å²) in [5.74, 6) is 1.16. The van der Waals surface area contributed by atoms with Gasteiger partial charge in [0.05, 0.1) is 5.92 Å². The molecule has 1 fully saturated rings. The van der Waals surface area contributed by atoms with Gasteiger partial charge in [-0.2, -0.15) is 0 Å². The van der Waals surface area contributed by atoms with Crippen LogP contribution in [0.5, 0.6) is 0 Å². The first-order valence-electron chi connectivity index (χ1n) is 17.9. The molecule has 0 radical (unpaired) electrons. The highest BCUT2D eigenvalue weighted by atomic mass is 16.5. The molecule has 1 aliphatic rings. The van der Waals surface area contributed by atoms with Gasteiger partial charge in [0.15, 0.2) is 0 Å². The molecule has 1 saturated carbocycles. The summed E-state index contributed by atoms with van der Waals surface area (Å²) in [5.41, 5.74) is 0. The Balaban J connectivity index is 1.99. The maximum atomic E-state index is 12.4. The number of aliphatic carboxylic acids is 1. The highest BCUT2D eigenvalue weighted by Crippen LogP contribution is 2.45. The van der Waals surface area contributed by atoms with E-state index in [1.165, 1.54) is 122 Å². The van der Waals surface area contributed by atoms with Crippen molar-refractivity contribution in [1.29, 1.82) is 0 Å². The smallest absolute Gasteiger partial charge is 0.306 e. The Labute approximate surface area is 254 Å². The third-order valence-electron chi connectivity index (χ3n) is 9.22. The van der Waals surface area contributed by atoms with Crippen molar-refractivity contribution in [2.75, 3.05) is 20.6 Å². The molecule has 1 N–H and O–H groups in total. The van der Waals surface area contributed by atoms with Crippen LogP contribution in [0.4, 0.5) is 0 Å². The standard InChI is InChI=1S/C36H69NO4/c1-5-6-7-12-20-26-34(41-35(38)28-22-29-37(3)4)27-21-14-11-9-8-10-13-18-24-32-30-33(32)25-19-16-15-17-23-31(2)36(39)40/h31-34H,5-30H2,1-4H3,(H,39,40). The first-order chi connectivity index (χ1) is 19.8. The fourth-order valence-electron chi connectivity index (χ4n) is 6.21. The van der Waals surface area contributed by atoms with E-state index >= 15 is 0 Å². The van der Waals surface area contributed by atoms with Gasteiger partial charge in [-0.1, -0.05) is 123 Å². The van der Waals surface area contributed by atoms with Crippen LogP contribution in [0.15, 0.2) is 0 Å². The summed E-state index contributed by atoms with van der Waals surface area (Å²) >= 11 is 0. The maximum Gasteiger partial charge on any atom is 0.306 e. The molecular weight excluding hydrogens is 510 g/mol. The minimum atomic E-state index is -0.652. The highest BCUT2D eigenvalue weighted by molar-refractivity contribution is 5.69. The molecule has 242 valence electrons. The summed E-state index contributed by atoms with van der Waals surface area (Å²) in [7, 11) is 4.10. The monoisotopic (exact) mass is 580 g/mol. The Morgan fingerprint density at radius 3 is 1.66 bits per heavy atom. The number of carbonyl (C=O) groups is 2. The molecule has 5 heteroatoms. The highest BCUT2D eigenvalue weighted by Gasteiger charge is 2.35. The van der Waals surface area contributed by atoms with E-state index < -0.39 is 5.97 Å². The zero-order valence-corrected chi connectivity index (χ0v) is 27.8. The number of ether oxygens (including phenoxy) is 1.